The molecule has 0 fully saturated rings. The Kier molecular flexibility index (Phi) is 4.93. The molecule has 0 spiro atoms. The summed E-state index contributed by atoms with van der Waals surface area (Å²) < 4.78 is 0. The van der Waals surface area contributed by atoms with Crippen molar-refractivity contribution in [1.82, 2.24) is 0 Å². The number of hydrogen-bond donors (Lipinski definition) is 0. The van der Waals surface area contributed by atoms with E-state index in [1.165, 1.54) is 12.6 Å². The van der Waals surface area contributed by atoms with E-state index in [1.807, 2.05) is 0 Å². The first-order chi connectivity index (χ1) is 4.13. The van der Waals surface area contributed by atoms with E-state index in [2.05, 4.69) is 35.0 Å². The predicted octanol–water partition coefficient (Wildman–Crippen LogP) is 3.09. The highest BCUT2D eigenvalue weighted by Gasteiger charge is 1.97. The normalized spacial score (nSPS) is 10.9. The maximum Gasteiger partial charge on any atom is 0.110 e. The van der Waals surface area contributed by atoms with Gasteiger partial charge in [-0.1, -0.05) is 52.2 Å². The molecular formula is C8H20B. The van der Waals surface area contributed by atoms with Crippen LogP contribution in [0.2, 0.25) is 12.6 Å². The summed E-state index contributed by atoms with van der Waals surface area (Å²) in [5.41, 5.74) is 0. The average molecular weight is 127 g/mol. The van der Waals surface area contributed by atoms with Crippen LogP contribution in [0.4, 0.5) is 0 Å². The van der Waals surface area contributed by atoms with E-state index in [-0.39, 0.29) is 1.43 Å². The van der Waals surface area contributed by atoms with Gasteiger partial charge in [0.1, 0.15) is 7.28 Å². The van der Waals surface area contributed by atoms with E-state index >= 15 is 0 Å². The minimum absolute atomic E-state index is 0. The van der Waals surface area contributed by atoms with Gasteiger partial charge in [-0.25, -0.2) is 0 Å². The third-order valence-electron chi connectivity index (χ3n) is 1.28. The van der Waals surface area contributed by atoms with Gasteiger partial charge in [0.15, 0.2) is 0 Å². The van der Waals surface area contributed by atoms with Crippen LogP contribution in [0.3, 0.4) is 0 Å². The molecule has 0 saturated heterocycles. The van der Waals surface area contributed by atoms with Crippen molar-refractivity contribution in [1.29, 1.82) is 0 Å². The van der Waals surface area contributed by atoms with Gasteiger partial charge in [-0.15, -0.1) is 0 Å². The zero-order valence-corrected chi connectivity index (χ0v) is 7.15. The third kappa shape index (κ3) is 8.06. The second kappa shape index (κ2) is 4.90. The minimum Gasteiger partial charge on any atom is -0.0780 e. The standard InChI is InChI=1S/C8H18B.H2/c1-7(2)5-9-6-8(3)4;/h7-8H,5-6H2,1-4H3;1H. The fourth-order valence-electron chi connectivity index (χ4n) is 0.763. The summed E-state index contributed by atoms with van der Waals surface area (Å²) >= 11 is 0. The zero-order valence-electron chi connectivity index (χ0n) is 7.15. The summed E-state index contributed by atoms with van der Waals surface area (Å²) in [5.74, 6) is 1.67. The fourth-order valence-corrected chi connectivity index (χ4v) is 0.763. The lowest BCUT2D eigenvalue weighted by Gasteiger charge is -2.04. The van der Waals surface area contributed by atoms with Crippen LogP contribution in [-0.2, 0) is 0 Å². The summed E-state index contributed by atoms with van der Waals surface area (Å²) in [4.78, 5) is 0. The van der Waals surface area contributed by atoms with Gasteiger partial charge in [0.25, 0.3) is 0 Å². The van der Waals surface area contributed by atoms with Crippen molar-refractivity contribution >= 4 is 7.28 Å². The number of hydrogen-bond acceptors (Lipinski definition) is 0. The van der Waals surface area contributed by atoms with Gasteiger partial charge < -0.3 is 0 Å². The Morgan fingerprint density at radius 1 is 1.00 bits per heavy atom. The highest BCUT2D eigenvalue weighted by molar-refractivity contribution is 6.35. The van der Waals surface area contributed by atoms with Crippen LogP contribution >= 0.6 is 0 Å². The molecule has 0 aromatic rings. The van der Waals surface area contributed by atoms with Gasteiger partial charge in [-0.3, -0.25) is 0 Å². The minimum atomic E-state index is 0. The molecule has 0 saturated carbocycles. The SMILES string of the molecule is CC(C)C[B]CC(C)C.[HH]. The first-order valence-electron chi connectivity index (χ1n) is 3.94. The Bertz CT molecular complexity index is 54.3. The molecule has 0 rings (SSSR count). The Balaban J connectivity index is 0. The van der Waals surface area contributed by atoms with Crippen LogP contribution in [0.1, 0.15) is 29.1 Å². The molecule has 0 amide bonds. The monoisotopic (exact) mass is 127 g/mol. The largest absolute Gasteiger partial charge is 0.110 e. The molecule has 0 aromatic carbocycles. The number of rotatable bonds is 4. The predicted molar refractivity (Wildman–Crippen MR) is 47.2 cm³/mol. The molecule has 0 N–H and O–H groups in total. The van der Waals surface area contributed by atoms with Gasteiger partial charge in [0.2, 0.25) is 0 Å². The highest BCUT2D eigenvalue weighted by Crippen LogP contribution is 2.05. The Morgan fingerprint density at radius 3 is 1.56 bits per heavy atom. The van der Waals surface area contributed by atoms with Gasteiger partial charge in [-0.05, 0) is 0 Å². The summed E-state index contributed by atoms with van der Waals surface area (Å²) in [6, 6.07) is 0. The molecule has 9 heavy (non-hydrogen) atoms. The Morgan fingerprint density at radius 2 is 1.33 bits per heavy atom. The summed E-state index contributed by atoms with van der Waals surface area (Å²) in [6.07, 6.45) is 2.55. The maximum atomic E-state index is 2.40. The lowest BCUT2D eigenvalue weighted by molar-refractivity contribution is 0.700. The quantitative estimate of drug-likeness (QED) is 0.509. The fraction of sp³-hybridized carbons (Fsp3) is 1.00. The molecule has 0 aliphatic carbocycles. The van der Waals surface area contributed by atoms with Crippen molar-refractivity contribution in [2.75, 3.05) is 0 Å². The molecule has 0 atom stereocenters. The lowest BCUT2D eigenvalue weighted by atomic mass is 9.64. The van der Waals surface area contributed by atoms with Crippen molar-refractivity contribution in [3.63, 3.8) is 0 Å². The smallest absolute Gasteiger partial charge is 0.0780 e. The summed E-state index contributed by atoms with van der Waals surface area (Å²) in [5, 5.41) is 0. The second-order valence-electron chi connectivity index (χ2n) is 3.55. The van der Waals surface area contributed by atoms with Crippen molar-refractivity contribution in [3.8, 4) is 0 Å². The second-order valence-corrected chi connectivity index (χ2v) is 3.55. The van der Waals surface area contributed by atoms with Gasteiger partial charge in [-0.2, -0.15) is 0 Å². The van der Waals surface area contributed by atoms with Crippen LogP contribution in [0.5, 0.6) is 0 Å². The molecule has 1 heteroatoms. The molecule has 0 aliphatic rings. The maximum absolute atomic E-state index is 2.40. The molecule has 0 unspecified atom stereocenters. The molecule has 55 valence electrons. The van der Waals surface area contributed by atoms with Crippen molar-refractivity contribution in [3.05, 3.63) is 0 Å². The van der Waals surface area contributed by atoms with Crippen LogP contribution in [0.15, 0.2) is 0 Å². The van der Waals surface area contributed by atoms with Crippen molar-refractivity contribution in [2.24, 2.45) is 11.8 Å². The molecule has 0 nitrogen and oxygen atoms in total. The molecule has 0 aromatic heterocycles. The van der Waals surface area contributed by atoms with Crippen LogP contribution in [0.25, 0.3) is 0 Å². The molecule has 0 heterocycles. The van der Waals surface area contributed by atoms with Crippen molar-refractivity contribution in [2.45, 2.75) is 40.3 Å². The van der Waals surface area contributed by atoms with Crippen molar-refractivity contribution < 1.29 is 1.43 Å². The summed E-state index contributed by atoms with van der Waals surface area (Å²) in [6.45, 7) is 9.04. The van der Waals surface area contributed by atoms with E-state index in [0.29, 0.717) is 0 Å². The first kappa shape index (κ1) is 9.06. The Labute approximate surface area is 61.8 Å². The van der Waals surface area contributed by atoms with E-state index in [4.69, 9.17) is 0 Å². The first-order valence-corrected chi connectivity index (χ1v) is 3.94. The third-order valence-corrected chi connectivity index (χ3v) is 1.28. The van der Waals surface area contributed by atoms with Gasteiger partial charge in [0.05, 0.1) is 0 Å². The molecular weight excluding hydrogens is 107 g/mol. The zero-order chi connectivity index (χ0) is 7.28. The van der Waals surface area contributed by atoms with E-state index in [0.717, 1.165) is 11.8 Å². The van der Waals surface area contributed by atoms with E-state index in [9.17, 15) is 0 Å². The van der Waals surface area contributed by atoms with Gasteiger partial charge >= 0.3 is 0 Å². The van der Waals surface area contributed by atoms with Gasteiger partial charge in [0, 0.05) is 1.43 Å². The van der Waals surface area contributed by atoms with Crippen LogP contribution in [-0.4, -0.2) is 7.28 Å². The Hall–Kier alpha value is 0.0649. The highest BCUT2D eigenvalue weighted by atomic mass is 13.9. The lowest BCUT2D eigenvalue weighted by Crippen LogP contribution is -1.99. The summed E-state index contributed by atoms with van der Waals surface area (Å²) in [7, 11) is 2.40. The van der Waals surface area contributed by atoms with E-state index < -0.39 is 0 Å². The molecule has 0 bridgehead atoms. The van der Waals surface area contributed by atoms with E-state index in [1.54, 1.807) is 0 Å². The molecule has 0 aliphatic heterocycles. The topological polar surface area (TPSA) is 0 Å². The molecule has 1 radical (unpaired) electrons. The average Bonchev–Trinajstić information content (AvgIpc) is 1.63. The van der Waals surface area contributed by atoms with Crippen LogP contribution in [0, 0.1) is 11.8 Å². The van der Waals surface area contributed by atoms with Crippen LogP contribution < -0.4 is 0 Å².